The first-order valence-corrected chi connectivity index (χ1v) is 7.57. The van der Waals surface area contributed by atoms with Gasteiger partial charge in [0.25, 0.3) is 0 Å². The Morgan fingerprint density at radius 3 is 2.37 bits per heavy atom. The average molecular weight is 261 g/mol. The van der Waals surface area contributed by atoms with Crippen LogP contribution < -0.4 is 0 Å². The van der Waals surface area contributed by atoms with Gasteiger partial charge in [0.05, 0.1) is 0 Å². The molecule has 1 fully saturated rings. The maximum Gasteiger partial charge on any atom is 0.0488 e. The lowest BCUT2D eigenvalue weighted by Crippen LogP contribution is -2.42. The second-order valence-electron chi connectivity index (χ2n) is 6.12. The molecule has 1 aliphatic heterocycles. The van der Waals surface area contributed by atoms with E-state index in [1.54, 1.807) is 0 Å². The molecule has 1 saturated heterocycles. The number of nitrogens with zero attached hydrogens (tertiary/aromatic N) is 1. The fourth-order valence-electron chi connectivity index (χ4n) is 3.11. The smallest absolute Gasteiger partial charge is 0.0488 e. The van der Waals surface area contributed by atoms with Crippen LogP contribution in [0.4, 0.5) is 0 Å². The zero-order valence-electron chi connectivity index (χ0n) is 12.3. The summed E-state index contributed by atoms with van der Waals surface area (Å²) >= 11 is 0. The van der Waals surface area contributed by atoms with Crippen molar-refractivity contribution in [2.75, 3.05) is 26.2 Å². The summed E-state index contributed by atoms with van der Waals surface area (Å²) in [4.78, 5) is 2.56. The average Bonchev–Trinajstić information content (AvgIpc) is 2.49. The number of aliphatic hydroxyl groups excluding tert-OH is 1. The summed E-state index contributed by atoms with van der Waals surface area (Å²) in [5.41, 5.74) is 1.63. The first kappa shape index (κ1) is 14.5. The molecule has 1 aromatic rings. The number of hydrogen-bond donors (Lipinski definition) is 1. The highest BCUT2D eigenvalue weighted by molar-refractivity contribution is 5.19. The lowest BCUT2D eigenvalue weighted by Gasteiger charge is -2.41. The zero-order valence-corrected chi connectivity index (χ0v) is 12.3. The predicted molar refractivity (Wildman–Crippen MR) is 80.3 cm³/mol. The number of rotatable bonds is 5. The molecule has 106 valence electrons. The van der Waals surface area contributed by atoms with Crippen molar-refractivity contribution in [1.82, 2.24) is 4.90 Å². The van der Waals surface area contributed by atoms with Gasteiger partial charge in [0.2, 0.25) is 0 Å². The van der Waals surface area contributed by atoms with E-state index in [0.717, 1.165) is 38.9 Å². The molecule has 1 N–H and O–H groups in total. The van der Waals surface area contributed by atoms with Crippen LogP contribution >= 0.6 is 0 Å². The molecule has 2 nitrogen and oxygen atoms in total. The minimum absolute atomic E-state index is 0.201. The quantitative estimate of drug-likeness (QED) is 0.879. The van der Waals surface area contributed by atoms with Crippen LogP contribution in [0.25, 0.3) is 0 Å². The van der Waals surface area contributed by atoms with Crippen LogP contribution in [-0.4, -0.2) is 36.2 Å². The van der Waals surface area contributed by atoms with Gasteiger partial charge in [-0.1, -0.05) is 44.2 Å². The molecular formula is C17H27NO. The van der Waals surface area contributed by atoms with Crippen molar-refractivity contribution in [3.05, 3.63) is 35.9 Å². The first-order valence-electron chi connectivity index (χ1n) is 7.57. The summed E-state index contributed by atoms with van der Waals surface area (Å²) in [5.74, 6) is 0.587. The Balaban J connectivity index is 1.86. The minimum Gasteiger partial charge on any atom is -0.396 e. The molecule has 0 bridgehead atoms. The van der Waals surface area contributed by atoms with E-state index in [1.807, 2.05) is 0 Å². The number of benzene rings is 1. The van der Waals surface area contributed by atoms with Gasteiger partial charge in [-0.2, -0.15) is 0 Å². The van der Waals surface area contributed by atoms with E-state index >= 15 is 0 Å². The minimum atomic E-state index is 0.201. The molecule has 1 aliphatic rings. The Morgan fingerprint density at radius 2 is 1.84 bits per heavy atom. The lowest BCUT2D eigenvalue weighted by atomic mass is 9.77. The maximum absolute atomic E-state index is 9.57. The molecule has 0 saturated carbocycles. The number of likely N-dealkylation sites (tertiary alicyclic amines) is 1. The normalized spacial score (nSPS) is 21.2. The van der Waals surface area contributed by atoms with Gasteiger partial charge in [-0.15, -0.1) is 0 Å². The summed E-state index contributed by atoms with van der Waals surface area (Å²) in [6, 6.07) is 10.8. The van der Waals surface area contributed by atoms with Crippen molar-refractivity contribution >= 4 is 0 Å². The Bertz CT molecular complexity index is 362. The summed E-state index contributed by atoms with van der Waals surface area (Å²) in [5, 5.41) is 9.57. The van der Waals surface area contributed by atoms with Gasteiger partial charge in [0, 0.05) is 13.2 Å². The van der Waals surface area contributed by atoms with Crippen LogP contribution in [0.15, 0.2) is 30.3 Å². The second-order valence-corrected chi connectivity index (χ2v) is 6.12. The molecule has 1 unspecified atom stereocenters. The third-order valence-corrected chi connectivity index (χ3v) is 4.90. The van der Waals surface area contributed by atoms with Crippen molar-refractivity contribution in [3.8, 4) is 0 Å². The monoisotopic (exact) mass is 261 g/mol. The Labute approximate surface area is 117 Å². The summed E-state index contributed by atoms with van der Waals surface area (Å²) < 4.78 is 0. The largest absolute Gasteiger partial charge is 0.396 e. The first-order chi connectivity index (χ1) is 9.19. The van der Waals surface area contributed by atoms with Crippen molar-refractivity contribution in [1.29, 1.82) is 0 Å². The van der Waals surface area contributed by atoms with E-state index in [0.29, 0.717) is 12.5 Å². The van der Waals surface area contributed by atoms with Gasteiger partial charge in [0.1, 0.15) is 0 Å². The zero-order chi connectivity index (χ0) is 13.7. The fraction of sp³-hybridized carbons (Fsp3) is 0.647. The third-order valence-electron chi connectivity index (χ3n) is 4.90. The van der Waals surface area contributed by atoms with Gasteiger partial charge in [-0.25, -0.2) is 0 Å². The van der Waals surface area contributed by atoms with Crippen molar-refractivity contribution in [2.24, 2.45) is 5.41 Å². The van der Waals surface area contributed by atoms with Gasteiger partial charge in [-0.05, 0) is 49.2 Å². The number of piperidine rings is 1. The van der Waals surface area contributed by atoms with Crippen molar-refractivity contribution in [3.63, 3.8) is 0 Å². The fourth-order valence-corrected chi connectivity index (χ4v) is 3.11. The van der Waals surface area contributed by atoms with Gasteiger partial charge in [0.15, 0.2) is 0 Å². The Morgan fingerprint density at radius 1 is 1.21 bits per heavy atom. The van der Waals surface area contributed by atoms with E-state index in [2.05, 4.69) is 49.1 Å². The topological polar surface area (TPSA) is 23.5 Å². The molecule has 0 aromatic heterocycles. The molecule has 1 aromatic carbocycles. The number of hydrogen-bond acceptors (Lipinski definition) is 2. The highest BCUT2D eigenvalue weighted by Crippen LogP contribution is 2.34. The SMILES string of the molecule is CCC1(CO)CCN(CC(C)c2ccccc2)CC1. The lowest BCUT2D eigenvalue weighted by molar-refractivity contribution is 0.0394. The van der Waals surface area contributed by atoms with Crippen molar-refractivity contribution in [2.45, 2.75) is 39.0 Å². The molecule has 2 rings (SSSR count). The summed E-state index contributed by atoms with van der Waals surface area (Å²) in [6.45, 7) is 8.26. The van der Waals surface area contributed by atoms with Crippen LogP contribution in [0.5, 0.6) is 0 Å². The third kappa shape index (κ3) is 3.58. The van der Waals surface area contributed by atoms with E-state index in [1.165, 1.54) is 5.56 Å². The molecule has 1 atom stereocenters. The van der Waals surface area contributed by atoms with Crippen LogP contribution in [0.2, 0.25) is 0 Å². The Hall–Kier alpha value is -0.860. The number of aliphatic hydroxyl groups is 1. The van der Waals surface area contributed by atoms with Crippen LogP contribution in [-0.2, 0) is 0 Å². The standard InChI is InChI=1S/C17H27NO/c1-3-17(14-19)9-11-18(12-10-17)13-15(2)16-7-5-4-6-8-16/h4-8,15,19H,3,9-14H2,1-2H3. The van der Waals surface area contributed by atoms with Crippen LogP contribution in [0.3, 0.4) is 0 Å². The molecule has 1 heterocycles. The summed E-state index contributed by atoms with van der Waals surface area (Å²) in [6.07, 6.45) is 3.38. The van der Waals surface area contributed by atoms with E-state index < -0.39 is 0 Å². The Kier molecular flexibility index (Phi) is 5.00. The van der Waals surface area contributed by atoms with Crippen LogP contribution in [0, 0.1) is 5.41 Å². The van der Waals surface area contributed by atoms with Gasteiger partial charge < -0.3 is 10.0 Å². The van der Waals surface area contributed by atoms with Crippen LogP contribution in [0.1, 0.15) is 44.6 Å². The van der Waals surface area contributed by atoms with Crippen molar-refractivity contribution < 1.29 is 5.11 Å². The molecule has 2 heteroatoms. The molecule has 0 aliphatic carbocycles. The maximum atomic E-state index is 9.57. The van der Waals surface area contributed by atoms with E-state index in [9.17, 15) is 5.11 Å². The molecular weight excluding hydrogens is 234 g/mol. The van der Waals surface area contributed by atoms with Gasteiger partial charge in [-0.3, -0.25) is 0 Å². The van der Waals surface area contributed by atoms with E-state index in [-0.39, 0.29) is 5.41 Å². The molecule has 19 heavy (non-hydrogen) atoms. The molecule has 0 radical (unpaired) electrons. The highest BCUT2D eigenvalue weighted by Gasteiger charge is 2.32. The second kappa shape index (κ2) is 6.53. The van der Waals surface area contributed by atoms with E-state index in [4.69, 9.17) is 0 Å². The highest BCUT2D eigenvalue weighted by atomic mass is 16.3. The predicted octanol–water partition coefficient (Wildman–Crippen LogP) is 3.27. The molecule has 0 amide bonds. The summed E-state index contributed by atoms with van der Waals surface area (Å²) in [7, 11) is 0. The molecule has 0 spiro atoms. The van der Waals surface area contributed by atoms with Gasteiger partial charge >= 0.3 is 0 Å².